The van der Waals surface area contributed by atoms with E-state index in [-0.39, 0.29) is 24.7 Å². The van der Waals surface area contributed by atoms with E-state index in [2.05, 4.69) is 0 Å². The van der Waals surface area contributed by atoms with Crippen LogP contribution in [-0.2, 0) is 9.47 Å². The predicted octanol–water partition coefficient (Wildman–Crippen LogP) is 0.0457. The van der Waals surface area contributed by atoms with Crippen LogP contribution in [0.25, 0.3) is 0 Å². The minimum absolute atomic E-state index is 0.0177. The molecule has 0 amide bonds. The number of hydrogen-bond acceptors (Lipinski definition) is 4. The zero-order valence-corrected chi connectivity index (χ0v) is 8.38. The van der Waals surface area contributed by atoms with Crippen molar-refractivity contribution in [2.75, 3.05) is 6.61 Å². The van der Waals surface area contributed by atoms with Crippen LogP contribution in [-0.4, -0.2) is 40.9 Å². The second-order valence-corrected chi connectivity index (χ2v) is 4.29. The lowest BCUT2D eigenvalue weighted by molar-refractivity contribution is -0.154. The maximum atomic E-state index is 9.65. The van der Waals surface area contributed by atoms with E-state index in [0.717, 1.165) is 0 Å². The van der Waals surface area contributed by atoms with Gasteiger partial charge in [-0.3, -0.25) is 0 Å². The first kappa shape index (κ1) is 10.1. The molecule has 14 heavy (non-hydrogen) atoms. The van der Waals surface area contributed by atoms with E-state index in [9.17, 15) is 5.11 Å². The molecule has 0 aromatic rings. The van der Waals surface area contributed by atoms with Crippen molar-refractivity contribution in [3.63, 3.8) is 0 Å². The van der Waals surface area contributed by atoms with Crippen molar-refractivity contribution in [1.82, 2.24) is 0 Å². The van der Waals surface area contributed by atoms with E-state index in [1.165, 1.54) is 0 Å². The number of fused-ring (bicyclic) bond motifs is 1. The summed E-state index contributed by atoms with van der Waals surface area (Å²) < 4.78 is 11.2. The van der Waals surface area contributed by atoms with Gasteiger partial charge in [-0.25, -0.2) is 0 Å². The second kappa shape index (κ2) is 3.31. The molecule has 0 unspecified atom stereocenters. The molecule has 0 aromatic heterocycles. The summed E-state index contributed by atoms with van der Waals surface area (Å²) in [6.45, 7) is 3.64. The highest BCUT2D eigenvalue weighted by molar-refractivity contribution is 5.10. The third kappa shape index (κ3) is 1.59. The zero-order valence-electron chi connectivity index (χ0n) is 8.38. The average Bonchev–Trinajstić information content (AvgIpc) is 2.42. The van der Waals surface area contributed by atoms with Gasteiger partial charge in [0.1, 0.15) is 12.2 Å². The Kier molecular flexibility index (Phi) is 2.39. The van der Waals surface area contributed by atoms with Crippen molar-refractivity contribution < 1.29 is 19.7 Å². The van der Waals surface area contributed by atoms with Gasteiger partial charge in [-0.05, 0) is 13.8 Å². The van der Waals surface area contributed by atoms with E-state index in [1.54, 1.807) is 12.2 Å². The lowest BCUT2D eigenvalue weighted by atomic mass is 9.89. The number of ether oxygens (including phenoxy) is 2. The van der Waals surface area contributed by atoms with Gasteiger partial charge in [0.05, 0.1) is 12.7 Å². The van der Waals surface area contributed by atoms with Crippen LogP contribution >= 0.6 is 0 Å². The summed E-state index contributed by atoms with van der Waals surface area (Å²) >= 11 is 0. The van der Waals surface area contributed by atoms with Gasteiger partial charge in [-0.1, -0.05) is 12.2 Å². The van der Waals surface area contributed by atoms with Crippen molar-refractivity contribution in [3.05, 3.63) is 12.2 Å². The van der Waals surface area contributed by atoms with Crippen LogP contribution in [0.1, 0.15) is 13.8 Å². The Balaban J connectivity index is 2.20. The normalized spacial score (nSPS) is 45.1. The molecule has 1 aliphatic heterocycles. The monoisotopic (exact) mass is 200 g/mol. The van der Waals surface area contributed by atoms with E-state index < -0.39 is 11.9 Å². The van der Waals surface area contributed by atoms with Gasteiger partial charge in [-0.2, -0.15) is 0 Å². The van der Waals surface area contributed by atoms with Crippen LogP contribution in [0.3, 0.4) is 0 Å². The van der Waals surface area contributed by atoms with Gasteiger partial charge < -0.3 is 19.7 Å². The van der Waals surface area contributed by atoms with Crippen LogP contribution < -0.4 is 0 Å². The van der Waals surface area contributed by atoms with Gasteiger partial charge in [0.2, 0.25) is 0 Å². The summed E-state index contributed by atoms with van der Waals surface area (Å²) in [7, 11) is 0. The molecule has 1 aliphatic carbocycles. The summed E-state index contributed by atoms with van der Waals surface area (Å²) in [5, 5.41) is 18.8. The fourth-order valence-electron chi connectivity index (χ4n) is 2.05. The van der Waals surface area contributed by atoms with Crippen LogP contribution in [0.4, 0.5) is 0 Å². The van der Waals surface area contributed by atoms with Crippen molar-refractivity contribution in [2.24, 2.45) is 5.92 Å². The molecule has 0 radical (unpaired) electrons. The Morgan fingerprint density at radius 1 is 1.21 bits per heavy atom. The quantitative estimate of drug-likeness (QED) is 0.587. The number of aliphatic hydroxyl groups excluding tert-OH is 2. The SMILES string of the molecule is CC1(C)O[C@@H]2[C@H](O1)[C@@H](CO)C=C[C@H]2O. The molecule has 2 aliphatic rings. The van der Waals surface area contributed by atoms with E-state index in [0.29, 0.717) is 0 Å². The first-order valence-corrected chi connectivity index (χ1v) is 4.86. The third-order valence-corrected chi connectivity index (χ3v) is 2.69. The predicted molar refractivity (Wildman–Crippen MR) is 49.5 cm³/mol. The van der Waals surface area contributed by atoms with Gasteiger partial charge >= 0.3 is 0 Å². The smallest absolute Gasteiger partial charge is 0.163 e. The van der Waals surface area contributed by atoms with Crippen molar-refractivity contribution in [2.45, 2.75) is 37.9 Å². The van der Waals surface area contributed by atoms with Crippen molar-refractivity contribution >= 4 is 0 Å². The first-order chi connectivity index (χ1) is 6.53. The average molecular weight is 200 g/mol. The molecule has 2 rings (SSSR count). The molecule has 0 aromatic carbocycles. The molecule has 1 fully saturated rings. The molecule has 80 valence electrons. The Bertz CT molecular complexity index is 249. The fraction of sp³-hybridized carbons (Fsp3) is 0.800. The topological polar surface area (TPSA) is 58.9 Å². The maximum Gasteiger partial charge on any atom is 0.163 e. The molecule has 1 heterocycles. The summed E-state index contributed by atoms with van der Waals surface area (Å²) in [4.78, 5) is 0. The number of rotatable bonds is 1. The minimum Gasteiger partial charge on any atom is -0.396 e. The molecule has 4 nitrogen and oxygen atoms in total. The van der Waals surface area contributed by atoms with Crippen molar-refractivity contribution in [1.29, 1.82) is 0 Å². The lowest BCUT2D eigenvalue weighted by Crippen LogP contribution is -2.42. The summed E-state index contributed by atoms with van der Waals surface area (Å²) in [5.74, 6) is -0.749. The third-order valence-electron chi connectivity index (χ3n) is 2.69. The Morgan fingerprint density at radius 3 is 2.50 bits per heavy atom. The maximum absolute atomic E-state index is 9.65. The van der Waals surface area contributed by atoms with Crippen LogP contribution in [0.15, 0.2) is 12.2 Å². The highest BCUT2D eigenvalue weighted by Gasteiger charge is 2.48. The molecular weight excluding hydrogens is 184 g/mol. The van der Waals surface area contributed by atoms with Crippen LogP contribution in [0.2, 0.25) is 0 Å². The Morgan fingerprint density at radius 2 is 1.86 bits per heavy atom. The second-order valence-electron chi connectivity index (χ2n) is 4.29. The van der Waals surface area contributed by atoms with Gasteiger partial charge in [0.25, 0.3) is 0 Å². The highest BCUT2D eigenvalue weighted by atomic mass is 16.8. The van der Waals surface area contributed by atoms with E-state index in [4.69, 9.17) is 14.6 Å². The molecule has 0 spiro atoms. The lowest BCUT2D eigenvalue weighted by Gasteiger charge is -2.28. The van der Waals surface area contributed by atoms with Gasteiger partial charge in [0.15, 0.2) is 5.79 Å². The summed E-state index contributed by atoms with van der Waals surface area (Å²) in [5.41, 5.74) is 0. The van der Waals surface area contributed by atoms with Crippen molar-refractivity contribution in [3.8, 4) is 0 Å². The molecular formula is C10H16O4. The minimum atomic E-state index is -0.671. The number of aliphatic hydroxyl groups is 2. The first-order valence-electron chi connectivity index (χ1n) is 4.86. The zero-order chi connectivity index (χ0) is 10.3. The highest BCUT2D eigenvalue weighted by Crippen LogP contribution is 2.36. The Hall–Kier alpha value is -0.420. The molecule has 0 saturated carbocycles. The van der Waals surface area contributed by atoms with E-state index >= 15 is 0 Å². The summed E-state index contributed by atoms with van der Waals surface area (Å²) in [6, 6.07) is 0. The molecule has 2 N–H and O–H groups in total. The Labute approximate surface area is 83.1 Å². The molecule has 4 heteroatoms. The molecule has 1 saturated heterocycles. The molecule has 0 bridgehead atoms. The standard InChI is InChI=1S/C10H16O4/c1-10(2)13-8-6(5-11)3-4-7(12)9(8)14-10/h3-4,6-9,11-12H,5H2,1-2H3/t6-,7-,8-,9+/m1/s1. The van der Waals surface area contributed by atoms with Gasteiger partial charge in [0, 0.05) is 5.92 Å². The fourth-order valence-corrected chi connectivity index (χ4v) is 2.05. The van der Waals surface area contributed by atoms with E-state index in [1.807, 2.05) is 13.8 Å². The van der Waals surface area contributed by atoms with Gasteiger partial charge in [-0.15, -0.1) is 0 Å². The largest absolute Gasteiger partial charge is 0.396 e. The van der Waals surface area contributed by atoms with Crippen LogP contribution in [0, 0.1) is 5.92 Å². The summed E-state index contributed by atoms with van der Waals surface area (Å²) in [6.07, 6.45) is 2.22. The number of hydrogen-bond donors (Lipinski definition) is 2. The molecule has 4 atom stereocenters. The van der Waals surface area contributed by atoms with Crippen LogP contribution in [0.5, 0.6) is 0 Å².